The van der Waals surface area contributed by atoms with Gasteiger partial charge >= 0.3 is 12.1 Å². The van der Waals surface area contributed by atoms with E-state index in [-0.39, 0.29) is 25.6 Å². The molecule has 11 nitrogen and oxygen atoms in total. The summed E-state index contributed by atoms with van der Waals surface area (Å²) in [5, 5.41) is 9.51. The van der Waals surface area contributed by atoms with E-state index in [1.807, 2.05) is 42.5 Å². The molecule has 1 N–H and O–H groups in total. The Hall–Kier alpha value is -5.19. The molecule has 0 radical (unpaired) electrons. The molecule has 3 aromatic rings. The first-order valence-electron chi connectivity index (χ1n) is 17.0. The highest BCUT2D eigenvalue weighted by Gasteiger charge is 2.45. The summed E-state index contributed by atoms with van der Waals surface area (Å²) < 4.78 is 12.2. The lowest BCUT2D eigenvalue weighted by atomic mass is 9.77. The Bertz CT molecular complexity index is 1740. The Labute approximate surface area is 284 Å². The van der Waals surface area contributed by atoms with Crippen molar-refractivity contribution >= 4 is 29.8 Å². The molecule has 1 aliphatic carbocycles. The van der Waals surface area contributed by atoms with E-state index in [4.69, 9.17) is 9.47 Å². The number of carbonyl (C=O) groups is 5. The van der Waals surface area contributed by atoms with Crippen LogP contribution in [0.25, 0.3) is 0 Å². The van der Waals surface area contributed by atoms with Gasteiger partial charge in [0.1, 0.15) is 18.5 Å². The molecular weight excluding hydrogens is 626 g/mol. The second kappa shape index (κ2) is 13.7. The van der Waals surface area contributed by atoms with Gasteiger partial charge in [0, 0.05) is 25.1 Å². The van der Waals surface area contributed by atoms with E-state index in [0.717, 1.165) is 24.0 Å². The number of hydrogen-bond acceptors (Lipinski definition) is 7. The number of likely N-dealkylation sites (tertiary alicyclic amines) is 1. The molecule has 4 atom stereocenters. The number of ether oxygens (including phenoxy) is 2. The summed E-state index contributed by atoms with van der Waals surface area (Å²) in [4.78, 5) is 71.3. The van der Waals surface area contributed by atoms with E-state index in [1.165, 1.54) is 9.80 Å². The lowest BCUT2D eigenvalue weighted by Gasteiger charge is -2.42. The molecule has 4 aliphatic rings. The normalized spacial score (nSPS) is 23.2. The van der Waals surface area contributed by atoms with Crippen molar-refractivity contribution in [2.24, 2.45) is 11.8 Å². The second-order valence-electron chi connectivity index (χ2n) is 13.2. The Morgan fingerprint density at radius 2 is 1.49 bits per heavy atom. The Kier molecular flexibility index (Phi) is 9.07. The summed E-state index contributed by atoms with van der Waals surface area (Å²) in [6.07, 6.45) is 2.29. The minimum absolute atomic E-state index is 0.0901. The van der Waals surface area contributed by atoms with Crippen molar-refractivity contribution in [3.8, 4) is 5.75 Å². The molecule has 3 heterocycles. The number of esters is 1. The average Bonchev–Trinajstić information content (AvgIpc) is 3.70. The fraction of sp³-hybridized carbons (Fsp3) is 0.395. The van der Waals surface area contributed by atoms with Crippen molar-refractivity contribution in [2.75, 3.05) is 26.2 Å². The number of fused-ring (bicyclic) bond motifs is 2. The maximum atomic E-state index is 14.7. The number of imide groups is 1. The van der Waals surface area contributed by atoms with Gasteiger partial charge in [0.2, 0.25) is 5.91 Å². The number of amides is 4. The first kappa shape index (κ1) is 32.4. The lowest BCUT2D eigenvalue weighted by molar-refractivity contribution is -0.159. The van der Waals surface area contributed by atoms with Gasteiger partial charge in [-0.15, -0.1) is 0 Å². The van der Waals surface area contributed by atoms with Gasteiger partial charge in [-0.1, -0.05) is 67.4 Å². The first-order valence-corrected chi connectivity index (χ1v) is 17.0. The predicted molar refractivity (Wildman–Crippen MR) is 177 cm³/mol. The molecule has 0 spiro atoms. The number of benzene rings is 3. The number of nitrogens with zero attached hydrogens (tertiary/aromatic N) is 3. The van der Waals surface area contributed by atoms with E-state index < -0.39 is 47.9 Å². The van der Waals surface area contributed by atoms with Crippen LogP contribution in [0.15, 0.2) is 72.8 Å². The molecule has 1 saturated heterocycles. The molecule has 7 rings (SSSR count). The van der Waals surface area contributed by atoms with Crippen LogP contribution in [-0.4, -0.2) is 81.9 Å². The highest BCUT2D eigenvalue weighted by molar-refractivity contribution is 6.21. The Balaban J connectivity index is 1.20. The maximum Gasteiger partial charge on any atom is 0.407 e. The van der Waals surface area contributed by atoms with Crippen LogP contribution in [0.4, 0.5) is 4.79 Å². The zero-order chi connectivity index (χ0) is 34.1. The molecule has 1 saturated carbocycles. The molecule has 254 valence electrons. The van der Waals surface area contributed by atoms with Crippen LogP contribution in [0.2, 0.25) is 0 Å². The van der Waals surface area contributed by atoms with E-state index in [0.29, 0.717) is 61.2 Å². The predicted octanol–water partition coefficient (Wildman–Crippen LogP) is 5.09. The summed E-state index contributed by atoms with van der Waals surface area (Å²) in [5.74, 6) is -2.19. The van der Waals surface area contributed by atoms with Crippen molar-refractivity contribution in [1.29, 1.82) is 0 Å². The molecule has 0 aromatic heterocycles. The summed E-state index contributed by atoms with van der Waals surface area (Å²) in [6, 6.07) is 21.0. The zero-order valence-corrected chi connectivity index (χ0v) is 27.2. The number of carboxylic acid groups (broad SMARTS) is 1. The van der Waals surface area contributed by atoms with Crippen molar-refractivity contribution in [3.63, 3.8) is 0 Å². The molecule has 2 fully saturated rings. The maximum absolute atomic E-state index is 14.7. The SMILES string of the molecule is O=C(OCc1ccccc1)[C@H]1CCCC[C@H]1C(=O)N1CCc2cccc(O[C@H]3CCN(C(=O)O)C3)c2[C@H]1CN1C(=O)c2ccccc2C1=O. The van der Waals surface area contributed by atoms with Gasteiger partial charge in [-0.2, -0.15) is 0 Å². The third-order valence-electron chi connectivity index (χ3n) is 10.3. The summed E-state index contributed by atoms with van der Waals surface area (Å²) >= 11 is 0. The number of carbonyl (C=O) groups excluding carboxylic acids is 4. The van der Waals surface area contributed by atoms with E-state index in [2.05, 4.69) is 0 Å². The smallest absolute Gasteiger partial charge is 0.407 e. The second-order valence-corrected chi connectivity index (χ2v) is 13.2. The highest BCUT2D eigenvalue weighted by Crippen LogP contribution is 2.42. The minimum atomic E-state index is -1.01. The monoisotopic (exact) mass is 665 g/mol. The molecule has 11 heteroatoms. The van der Waals surface area contributed by atoms with Crippen LogP contribution in [-0.2, 0) is 27.4 Å². The first-order chi connectivity index (χ1) is 23.8. The van der Waals surface area contributed by atoms with E-state index in [9.17, 15) is 29.1 Å². The van der Waals surface area contributed by atoms with Crippen LogP contribution in [0, 0.1) is 11.8 Å². The third-order valence-corrected chi connectivity index (χ3v) is 10.3. The molecule has 0 bridgehead atoms. The standard InChI is InChI=1S/C38H39N3O8/c42-34(29-14-6-7-15-30(29)37(45)48-23-24-9-2-1-3-10-24)40-20-17-25-11-8-16-32(49-26-18-19-39(21-26)38(46)47)33(25)31(40)22-41-35(43)27-12-4-5-13-28(27)36(41)44/h1-5,8-13,16,26,29-31H,6-7,14-15,17-23H2,(H,46,47)/t26-,29+,30-,31+/m0/s1. The fourth-order valence-electron chi connectivity index (χ4n) is 7.81. The topological polar surface area (TPSA) is 134 Å². The zero-order valence-electron chi connectivity index (χ0n) is 27.2. The quantitative estimate of drug-likeness (QED) is 0.260. The average molecular weight is 666 g/mol. The highest BCUT2D eigenvalue weighted by atomic mass is 16.5. The number of rotatable bonds is 8. The van der Waals surface area contributed by atoms with Gasteiger partial charge in [0.05, 0.1) is 42.1 Å². The third kappa shape index (κ3) is 6.37. The van der Waals surface area contributed by atoms with Gasteiger partial charge in [-0.3, -0.25) is 24.1 Å². The summed E-state index contributed by atoms with van der Waals surface area (Å²) in [7, 11) is 0. The van der Waals surface area contributed by atoms with Crippen LogP contribution in [0.5, 0.6) is 5.75 Å². The molecular formula is C38H39N3O8. The van der Waals surface area contributed by atoms with Crippen LogP contribution in [0.3, 0.4) is 0 Å². The van der Waals surface area contributed by atoms with Crippen molar-refractivity contribution in [3.05, 3.63) is 101 Å². The van der Waals surface area contributed by atoms with Gasteiger partial charge in [0.15, 0.2) is 0 Å². The van der Waals surface area contributed by atoms with Crippen LogP contribution in [0.1, 0.15) is 75.6 Å². The van der Waals surface area contributed by atoms with Gasteiger partial charge < -0.3 is 24.4 Å². The largest absolute Gasteiger partial charge is 0.488 e. The summed E-state index contributed by atoms with van der Waals surface area (Å²) in [6.45, 7) is 0.924. The molecule has 3 aromatic carbocycles. The Morgan fingerprint density at radius 1 is 0.796 bits per heavy atom. The van der Waals surface area contributed by atoms with E-state index in [1.54, 1.807) is 35.2 Å². The Morgan fingerprint density at radius 3 is 2.18 bits per heavy atom. The van der Waals surface area contributed by atoms with Crippen molar-refractivity contribution in [1.82, 2.24) is 14.7 Å². The molecule has 3 aliphatic heterocycles. The van der Waals surface area contributed by atoms with Gasteiger partial charge in [-0.25, -0.2) is 4.79 Å². The number of hydrogen-bond donors (Lipinski definition) is 1. The summed E-state index contributed by atoms with van der Waals surface area (Å²) in [5.41, 5.74) is 3.13. The van der Waals surface area contributed by atoms with Crippen molar-refractivity contribution in [2.45, 2.75) is 57.3 Å². The lowest BCUT2D eigenvalue weighted by Crippen LogP contribution is -2.50. The van der Waals surface area contributed by atoms with E-state index >= 15 is 0 Å². The van der Waals surface area contributed by atoms with Crippen LogP contribution < -0.4 is 4.74 Å². The minimum Gasteiger partial charge on any atom is -0.488 e. The fourth-order valence-corrected chi connectivity index (χ4v) is 7.81. The molecule has 4 amide bonds. The molecule has 0 unspecified atom stereocenters. The van der Waals surface area contributed by atoms with Crippen LogP contribution >= 0.6 is 0 Å². The van der Waals surface area contributed by atoms with Crippen molar-refractivity contribution < 1.29 is 38.6 Å². The van der Waals surface area contributed by atoms with Gasteiger partial charge in [0.25, 0.3) is 11.8 Å². The molecule has 49 heavy (non-hydrogen) atoms. The van der Waals surface area contributed by atoms with Gasteiger partial charge in [-0.05, 0) is 48.6 Å².